The molecule has 5 atom stereocenters. The van der Waals surface area contributed by atoms with Gasteiger partial charge in [0.15, 0.2) is 6.29 Å². The first-order valence-corrected chi connectivity index (χ1v) is 10.8. The summed E-state index contributed by atoms with van der Waals surface area (Å²) in [5, 5.41) is 10.1. The number of aliphatic hydroxyl groups excluding tert-OH is 1. The molecule has 0 radical (unpaired) electrons. The molecular weight excluding hydrogens is 370 g/mol. The molecule has 0 amide bonds. The molecule has 1 saturated heterocycles. The Morgan fingerprint density at radius 2 is 2.07 bits per heavy atom. The van der Waals surface area contributed by atoms with Crippen LogP contribution in [0.25, 0.3) is 0 Å². The number of hydrogen-bond acceptors (Lipinski definition) is 5. The van der Waals surface area contributed by atoms with Crippen molar-refractivity contribution in [3.63, 3.8) is 0 Å². The number of alkyl halides is 2. The van der Waals surface area contributed by atoms with Crippen molar-refractivity contribution in [1.29, 1.82) is 0 Å². The molecule has 5 nitrogen and oxygen atoms in total. The lowest BCUT2D eigenvalue weighted by atomic mass is 9.86. The number of rotatable bonds is 11. The lowest BCUT2D eigenvalue weighted by Crippen LogP contribution is -2.36. The molecule has 28 heavy (non-hydrogen) atoms. The highest BCUT2D eigenvalue weighted by molar-refractivity contribution is 5.69. The maximum atomic E-state index is 14.1. The van der Waals surface area contributed by atoms with Gasteiger partial charge in [-0.25, -0.2) is 8.78 Å². The third-order valence-corrected chi connectivity index (χ3v) is 6.15. The topological polar surface area (TPSA) is 65.0 Å². The summed E-state index contributed by atoms with van der Waals surface area (Å²) in [6, 6.07) is 0. The van der Waals surface area contributed by atoms with Gasteiger partial charge in [0.2, 0.25) is 0 Å². The summed E-state index contributed by atoms with van der Waals surface area (Å²) < 4.78 is 44.9. The largest absolute Gasteiger partial charge is 0.469 e. The summed E-state index contributed by atoms with van der Waals surface area (Å²) in [6.45, 7) is 2.53. The summed E-state index contributed by atoms with van der Waals surface area (Å²) in [5.41, 5.74) is 0. The van der Waals surface area contributed by atoms with Crippen LogP contribution in [0.5, 0.6) is 0 Å². The molecule has 3 unspecified atom stereocenters. The van der Waals surface area contributed by atoms with Crippen molar-refractivity contribution >= 4 is 5.97 Å². The Morgan fingerprint density at radius 3 is 2.71 bits per heavy atom. The minimum absolute atomic E-state index is 0.00440. The molecule has 1 heterocycles. The van der Waals surface area contributed by atoms with Crippen LogP contribution in [-0.2, 0) is 19.0 Å². The number of aliphatic hydroxyl groups is 1. The molecule has 2 rings (SSSR count). The van der Waals surface area contributed by atoms with Gasteiger partial charge in [0.1, 0.15) is 6.10 Å². The fourth-order valence-corrected chi connectivity index (χ4v) is 4.41. The number of hydrogen-bond donors (Lipinski definition) is 1. The third-order valence-electron chi connectivity index (χ3n) is 6.15. The van der Waals surface area contributed by atoms with Crippen molar-refractivity contribution in [1.82, 2.24) is 0 Å². The van der Waals surface area contributed by atoms with Gasteiger partial charge < -0.3 is 19.3 Å². The van der Waals surface area contributed by atoms with E-state index in [0.717, 1.165) is 32.1 Å². The fourth-order valence-electron chi connectivity index (χ4n) is 4.41. The van der Waals surface area contributed by atoms with Crippen LogP contribution in [0.3, 0.4) is 0 Å². The standard InChI is InChI=1S/C21H36F2O5/c1-3-4-12-21(22,23)18(24)11-9-16-15(14-19(25)26-2)8-10-17(16)28-20-7-5-6-13-27-20/h15-18,20,24H,3-14H2,1-2H3/t15?,16-,17?,18+,20?/m1/s1. The van der Waals surface area contributed by atoms with Gasteiger partial charge in [0.05, 0.1) is 13.2 Å². The van der Waals surface area contributed by atoms with Crippen LogP contribution in [0.1, 0.15) is 77.6 Å². The zero-order valence-corrected chi connectivity index (χ0v) is 17.2. The van der Waals surface area contributed by atoms with Crippen molar-refractivity contribution in [2.24, 2.45) is 11.8 Å². The number of carbonyl (C=O) groups is 1. The first kappa shape index (κ1) is 23.5. The smallest absolute Gasteiger partial charge is 0.305 e. The average molecular weight is 407 g/mol. The van der Waals surface area contributed by atoms with Crippen LogP contribution in [0.2, 0.25) is 0 Å². The Bertz CT molecular complexity index is 468. The minimum atomic E-state index is -3.07. The van der Waals surface area contributed by atoms with Crippen LogP contribution in [-0.4, -0.2) is 49.2 Å². The summed E-state index contributed by atoms with van der Waals surface area (Å²) >= 11 is 0. The van der Waals surface area contributed by atoms with Gasteiger partial charge in [-0.2, -0.15) is 0 Å². The quantitative estimate of drug-likeness (QED) is 0.514. The Hall–Kier alpha value is -0.790. The molecule has 0 aromatic carbocycles. The summed E-state index contributed by atoms with van der Waals surface area (Å²) in [4.78, 5) is 11.8. The van der Waals surface area contributed by atoms with Gasteiger partial charge in [-0.05, 0) is 63.2 Å². The average Bonchev–Trinajstić information content (AvgIpc) is 3.06. The van der Waals surface area contributed by atoms with Crippen LogP contribution >= 0.6 is 0 Å². The zero-order chi connectivity index (χ0) is 20.6. The Morgan fingerprint density at radius 1 is 1.29 bits per heavy atom. The summed E-state index contributed by atoms with van der Waals surface area (Å²) in [5.74, 6) is -3.40. The number of halogens is 2. The highest BCUT2D eigenvalue weighted by Gasteiger charge is 2.42. The molecular formula is C21H36F2O5. The lowest BCUT2D eigenvalue weighted by molar-refractivity contribution is -0.197. The van der Waals surface area contributed by atoms with Crippen molar-refractivity contribution < 1.29 is 32.9 Å². The highest BCUT2D eigenvalue weighted by atomic mass is 19.3. The number of esters is 1. The van der Waals surface area contributed by atoms with E-state index in [4.69, 9.17) is 14.2 Å². The predicted octanol–water partition coefficient (Wildman–Crippen LogP) is 4.45. The second kappa shape index (κ2) is 11.4. The van der Waals surface area contributed by atoms with E-state index in [0.29, 0.717) is 25.9 Å². The molecule has 0 aromatic heterocycles. The molecule has 0 bridgehead atoms. The molecule has 1 aliphatic heterocycles. The Balaban J connectivity index is 1.96. The van der Waals surface area contributed by atoms with E-state index >= 15 is 0 Å². The van der Waals surface area contributed by atoms with Gasteiger partial charge in [-0.1, -0.05) is 13.3 Å². The second-order valence-electron chi connectivity index (χ2n) is 8.21. The normalized spacial score (nSPS) is 29.6. The minimum Gasteiger partial charge on any atom is -0.469 e. The van der Waals surface area contributed by atoms with Crippen molar-refractivity contribution in [2.45, 2.75) is 102 Å². The lowest BCUT2D eigenvalue weighted by Gasteiger charge is -2.31. The monoisotopic (exact) mass is 406 g/mol. The first-order chi connectivity index (χ1) is 13.4. The molecule has 0 spiro atoms. The summed E-state index contributed by atoms with van der Waals surface area (Å²) in [7, 11) is 1.36. The van der Waals surface area contributed by atoms with E-state index in [-0.39, 0.29) is 49.5 Å². The molecule has 2 fully saturated rings. The molecule has 1 N–H and O–H groups in total. The van der Waals surface area contributed by atoms with Crippen molar-refractivity contribution in [3.8, 4) is 0 Å². The third kappa shape index (κ3) is 6.92. The zero-order valence-electron chi connectivity index (χ0n) is 17.2. The molecule has 164 valence electrons. The van der Waals surface area contributed by atoms with E-state index in [1.54, 1.807) is 0 Å². The van der Waals surface area contributed by atoms with E-state index in [2.05, 4.69) is 0 Å². The van der Waals surface area contributed by atoms with Gasteiger partial charge in [0, 0.05) is 19.4 Å². The highest BCUT2D eigenvalue weighted by Crippen LogP contribution is 2.42. The van der Waals surface area contributed by atoms with Crippen LogP contribution < -0.4 is 0 Å². The summed E-state index contributed by atoms with van der Waals surface area (Å²) in [6.07, 6.45) is 3.86. The van der Waals surface area contributed by atoms with Crippen LogP contribution in [0, 0.1) is 11.8 Å². The number of carbonyl (C=O) groups excluding carboxylic acids is 1. The molecule has 7 heteroatoms. The Kier molecular flexibility index (Phi) is 9.57. The molecule has 2 aliphatic rings. The van der Waals surface area contributed by atoms with Gasteiger partial charge in [0.25, 0.3) is 5.92 Å². The van der Waals surface area contributed by atoms with Gasteiger partial charge >= 0.3 is 5.97 Å². The number of methoxy groups -OCH3 is 1. The molecule has 0 aromatic rings. The molecule has 1 aliphatic carbocycles. The van der Waals surface area contributed by atoms with E-state index in [9.17, 15) is 18.7 Å². The van der Waals surface area contributed by atoms with E-state index < -0.39 is 12.0 Å². The van der Waals surface area contributed by atoms with E-state index in [1.165, 1.54) is 7.11 Å². The van der Waals surface area contributed by atoms with Crippen molar-refractivity contribution in [3.05, 3.63) is 0 Å². The van der Waals surface area contributed by atoms with Crippen molar-refractivity contribution in [2.75, 3.05) is 13.7 Å². The van der Waals surface area contributed by atoms with Crippen LogP contribution in [0.15, 0.2) is 0 Å². The first-order valence-electron chi connectivity index (χ1n) is 10.8. The fraction of sp³-hybridized carbons (Fsp3) is 0.952. The molecule has 1 saturated carbocycles. The van der Waals surface area contributed by atoms with E-state index in [1.807, 2.05) is 6.92 Å². The second-order valence-corrected chi connectivity index (χ2v) is 8.21. The SMILES string of the molecule is CCCCC(F)(F)[C@@H](O)CC[C@@H]1C(CC(=O)OC)CCC1OC1CCCCO1. The number of unbranched alkanes of at least 4 members (excludes halogenated alkanes) is 1. The maximum absolute atomic E-state index is 14.1. The van der Waals surface area contributed by atoms with Crippen LogP contribution in [0.4, 0.5) is 8.78 Å². The maximum Gasteiger partial charge on any atom is 0.305 e. The van der Waals surface area contributed by atoms with Gasteiger partial charge in [-0.15, -0.1) is 0 Å². The van der Waals surface area contributed by atoms with Gasteiger partial charge in [-0.3, -0.25) is 4.79 Å². The Labute approximate surface area is 167 Å². The predicted molar refractivity (Wildman–Crippen MR) is 101 cm³/mol. The number of ether oxygens (including phenoxy) is 3.